The first-order valence-electron chi connectivity index (χ1n) is 11.3. The molecular weight excluding hydrogens is 412 g/mol. The maximum Gasteiger partial charge on any atom is 0.282 e. The van der Waals surface area contributed by atoms with Crippen LogP contribution in [0.2, 0.25) is 0 Å². The van der Waals surface area contributed by atoms with Crippen LogP contribution in [0.4, 0.5) is 5.69 Å². The van der Waals surface area contributed by atoms with Gasteiger partial charge in [0.2, 0.25) is 0 Å². The highest BCUT2D eigenvalue weighted by Gasteiger charge is 2.43. The molecule has 0 N–H and O–H groups in total. The van der Waals surface area contributed by atoms with Crippen molar-refractivity contribution in [3.05, 3.63) is 101 Å². The number of ether oxygens (including phenoxy) is 1. The minimum atomic E-state index is -0.315. The van der Waals surface area contributed by atoms with Crippen LogP contribution >= 0.6 is 0 Å². The van der Waals surface area contributed by atoms with E-state index in [1.807, 2.05) is 62.4 Å². The monoisotopic (exact) mass is 438 g/mol. The lowest BCUT2D eigenvalue weighted by Gasteiger charge is -2.31. The number of rotatable bonds is 5. The Morgan fingerprint density at radius 1 is 0.848 bits per heavy atom. The van der Waals surface area contributed by atoms with Gasteiger partial charge in [-0.2, -0.15) is 0 Å². The first-order valence-corrected chi connectivity index (χ1v) is 11.3. The number of aryl methyl sites for hydroxylation is 1. The first kappa shape index (κ1) is 21.0. The summed E-state index contributed by atoms with van der Waals surface area (Å²) in [5, 5.41) is 0. The molecule has 2 aliphatic heterocycles. The highest BCUT2D eigenvalue weighted by atomic mass is 16.5. The SMILES string of the molecule is CCOc1ccccc1N1C(=O)C(c2ccc(C)cc2)=C(N2CCc3ccccc3C2)C1=O. The van der Waals surface area contributed by atoms with Crippen LogP contribution in [0.1, 0.15) is 29.2 Å². The van der Waals surface area contributed by atoms with Crippen LogP contribution in [0.15, 0.2) is 78.5 Å². The molecule has 2 heterocycles. The van der Waals surface area contributed by atoms with Gasteiger partial charge in [0.05, 0.1) is 17.9 Å². The third kappa shape index (κ3) is 3.69. The molecule has 2 amide bonds. The van der Waals surface area contributed by atoms with Gasteiger partial charge in [0.1, 0.15) is 11.4 Å². The van der Waals surface area contributed by atoms with Crippen molar-refractivity contribution in [2.45, 2.75) is 26.8 Å². The van der Waals surface area contributed by atoms with Crippen molar-refractivity contribution in [1.82, 2.24) is 4.90 Å². The van der Waals surface area contributed by atoms with Crippen molar-refractivity contribution in [2.24, 2.45) is 0 Å². The lowest BCUT2D eigenvalue weighted by Crippen LogP contribution is -2.37. The fraction of sp³-hybridized carbons (Fsp3) is 0.214. The maximum absolute atomic E-state index is 13.9. The average molecular weight is 439 g/mol. The van der Waals surface area contributed by atoms with Crippen molar-refractivity contribution < 1.29 is 14.3 Å². The number of imide groups is 1. The number of carbonyl (C=O) groups is 2. The molecule has 0 saturated heterocycles. The van der Waals surface area contributed by atoms with Crippen molar-refractivity contribution in [3.63, 3.8) is 0 Å². The molecule has 5 rings (SSSR count). The number of para-hydroxylation sites is 2. The summed E-state index contributed by atoms with van der Waals surface area (Å²) in [6.07, 6.45) is 0.831. The molecule has 0 atom stereocenters. The van der Waals surface area contributed by atoms with E-state index in [-0.39, 0.29) is 11.8 Å². The quantitative estimate of drug-likeness (QED) is 0.540. The van der Waals surface area contributed by atoms with Gasteiger partial charge in [0, 0.05) is 13.1 Å². The van der Waals surface area contributed by atoms with E-state index in [4.69, 9.17) is 4.74 Å². The Hall–Kier alpha value is -3.86. The number of nitrogens with zero attached hydrogens (tertiary/aromatic N) is 2. The second kappa shape index (κ2) is 8.58. The van der Waals surface area contributed by atoms with Crippen LogP contribution in [0.3, 0.4) is 0 Å². The van der Waals surface area contributed by atoms with Crippen LogP contribution in [-0.2, 0) is 22.6 Å². The van der Waals surface area contributed by atoms with Gasteiger partial charge in [0.25, 0.3) is 11.8 Å². The van der Waals surface area contributed by atoms with Gasteiger partial charge in [-0.1, -0.05) is 66.2 Å². The molecule has 0 aromatic heterocycles. The van der Waals surface area contributed by atoms with E-state index in [0.717, 1.165) is 17.5 Å². The van der Waals surface area contributed by atoms with E-state index in [9.17, 15) is 9.59 Å². The van der Waals surface area contributed by atoms with Gasteiger partial charge in [-0.15, -0.1) is 0 Å². The summed E-state index contributed by atoms with van der Waals surface area (Å²) in [7, 11) is 0. The predicted octanol–water partition coefficient (Wildman–Crippen LogP) is 4.74. The molecule has 5 heteroatoms. The van der Waals surface area contributed by atoms with Crippen molar-refractivity contribution >= 4 is 23.1 Å². The van der Waals surface area contributed by atoms with Crippen LogP contribution < -0.4 is 9.64 Å². The van der Waals surface area contributed by atoms with Crippen LogP contribution in [0, 0.1) is 6.92 Å². The first-order chi connectivity index (χ1) is 16.1. The highest BCUT2D eigenvalue weighted by molar-refractivity contribution is 6.45. The topological polar surface area (TPSA) is 49.9 Å². The third-order valence-electron chi connectivity index (χ3n) is 6.25. The van der Waals surface area contributed by atoms with Crippen molar-refractivity contribution in [2.75, 3.05) is 18.1 Å². The number of benzene rings is 3. The van der Waals surface area contributed by atoms with E-state index in [1.165, 1.54) is 16.0 Å². The normalized spacial score (nSPS) is 15.8. The summed E-state index contributed by atoms with van der Waals surface area (Å²) in [5.74, 6) is -0.0952. The second-order valence-corrected chi connectivity index (χ2v) is 8.38. The Labute approximate surface area is 193 Å². The van der Waals surface area contributed by atoms with E-state index < -0.39 is 0 Å². The van der Waals surface area contributed by atoms with Gasteiger partial charge in [-0.3, -0.25) is 9.59 Å². The number of carbonyl (C=O) groups excluding carboxylic acids is 2. The zero-order valence-electron chi connectivity index (χ0n) is 18.9. The van der Waals surface area contributed by atoms with Gasteiger partial charge >= 0.3 is 0 Å². The Kier molecular flexibility index (Phi) is 5.47. The van der Waals surface area contributed by atoms with E-state index in [2.05, 4.69) is 17.0 Å². The Balaban J connectivity index is 1.62. The molecule has 3 aromatic carbocycles. The Morgan fingerprint density at radius 3 is 2.30 bits per heavy atom. The average Bonchev–Trinajstić information content (AvgIpc) is 3.10. The van der Waals surface area contributed by atoms with Crippen molar-refractivity contribution in [3.8, 4) is 5.75 Å². The molecule has 0 radical (unpaired) electrons. The van der Waals surface area contributed by atoms with Gasteiger partial charge < -0.3 is 9.64 Å². The van der Waals surface area contributed by atoms with Crippen LogP contribution in [-0.4, -0.2) is 29.9 Å². The summed E-state index contributed by atoms with van der Waals surface area (Å²) in [4.78, 5) is 31.0. The lowest BCUT2D eigenvalue weighted by atomic mass is 9.97. The summed E-state index contributed by atoms with van der Waals surface area (Å²) < 4.78 is 5.75. The van der Waals surface area contributed by atoms with Crippen molar-refractivity contribution in [1.29, 1.82) is 0 Å². The second-order valence-electron chi connectivity index (χ2n) is 8.38. The lowest BCUT2D eigenvalue weighted by molar-refractivity contribution is -0.120. The predicted molar refractivity (Wildman–Crippen MR) is 129 cm³/mol. The minimum Gasteiger partial charge on any atom is -0.492 e. The molecule has 33 heavy (non-hydrogen) atoms. The summed E-state index contributed by atoms with van der Waals surface area (Å²) in [5.41, 5.74) is 5.73. The fourth-order valence-electron chi connectivity index (χ4n) is 4.62. The van der Waals surface area contributed by atoms with Crippen LogP contribution in [0.25, 0.3) is 5.57 Å². The summed E-state index contributed by atoms with van der Waals surface area (Å²) in [6.45, 7) is 5.62. The molecule has 0 fully saturated rings. The minimum absolute atomic E-state index is 0.304. The Bertz CT molecular complexity index is 1260. The number of fused-ring (bicyclic) bond motifs is 1. The number of anilines is 1. The molecule has 166 valence electrons. The van der Waals surface area contributed by atoms with Gasteiger partial charge in [-0.05, 0) is 49.1 Å². The molecule has 0 aliphatic carbocycles. The molecule has 0 saturated carbocycles. The molecule has 3 aromatic rings. The molecular formula is C28H26N2O3. The fourth-order valence-corrected chi connectivity index (χ4v) is 4.62. The molecule has 0 spiro atoms. The van der Waals surface area contributed by atoms with E-state index in [1.54, 1.807) is 12.1 Å². The summed E-state index contributed by atoms with van der Waals surface area (Å²) >= 11 is 0. The van der Waals surface area contributed by atoms with Crippen LogP contribution in [0.5, 0.6) is 5.75 Å². The molecule has 2 aliphatic rings. The number of hydrogen-bond donors (Lipinski definition) is 0. The largest absolute Gasteiger partial charge is 0.492 e. The Morgan fingerprint density at radius 2 is 1.55 bits per heavy atom. The maximum atomic E-state index is 13.9. The standard InChI is InChI=1S/C28H26N2O3/c1-3-33-24-11-7-6-10-23(24)30-27(31)25(21-14-12-19(2)13-15-21)26(28(30)32)29-17-16-20-8-4-5-9-22(20)18-29/h4-15H,3,16-18H2,1-2H3. The molecule has 5 nitrogen and oxygen atoms in total. The zero-order valence-corrected chi connectivity index (χ0v) is 18.9. The number of hydrogen-bond acceptors (Lipinski definition) is 4. The smallest absolute Gasteiger partial charge is 0.282 e. The van der Waals surface area contributed by atoms with Gasteiger partial charge in [-0.25, -0.2) is 4.90 Å². The molecule has 0 bridgehead atoms. The van der Waals surface area contributed by atoms with Gasteiger partial charge in [0.15, 0.2) is 0 Å². The number of amides is 2. The third-order valence-corrected chi connectivity index (χ3v) is 6.25. The molecule has 0 unspecified atom stereocenters. The summed E-state index contributed by atoms with van der Waals surface area (Å²) in [6, 6.07) is 23.3. The van der Waals surface area contributed by atoms with E-state index in [0.29, 0.717) is 42.4 Å². The van der Waals surface area contributed by atoms with E-state index >= 15 is 0 Å². The highest BCUT2D eigenvalue weighted by Crippen LogP contribution is 2.39. The zero-order chi connectivity index (χ0) is 22.9.